The highest BCUT2D eigenvalue weighted by Crippen LogP contribution is 2.31. The SMILES string of the molecule is C=CC(=O)N1CC2CN(C(=O)CNC3CC(Cl)C(Cl)CC3O)CC2C1. The molecule has 6 unspecified atom stereocenters. The molecule has 8 heteroatoms. The summed E-state index contributed by atoms with van der Waals surface area (Å²) in [6, 6.07) is -0.204. The number of aliphatic hydroxyl groups is 1. The second kappa shape index (κ2) is 7.82. The highest BCUT2D eigenvalue weighted by atomic mass is 35.5. The van der Waals surface area contributed by atoms with Crippen LogP contribution in [0.1, 0.15) is 12.8 Å². The smallest absolute Gasteiger partial charge is 0.245 e. The van der Waals surface area contributed by atoms with Gasteiger partial charge in [0.1, 0.15) is 0 Å². The lowest BCUT2D eigenvalue weighted by atomic mass is 9.91. The van der Waals surface area contributed by atoms with Gasteiger partial charge in [0.2, 0.25) is 11.8 Å². The first kappa shape index (κ1) is 19.0. The van der Waals surface area contributed by atoms with Crippen molar-refractivity contribution in [2.75, 3.05) is 32.7 Å². The average Bonchev–Trinajstić information content (AvgIpc) is 3.14. The molecule has 2 N–H and O–H groups in total. The summed E-state index contributed by atoms with van der Waals surface area (Å²) in [5.74, 6) is 0.686. The van der Waals surface area contributed by atoms with Crippen molar-refractivity contribution < 1.29 is 14.7 Å². The Morgan fingerprint density at radius 2 is 1.64 bits per heavy atom. The van der Waals surface area contributed by atoms with Gasteiger partial charge in [-0.2, -0.15) is 0 Å². The maximum absolute atomic E-state index is 12.5. The van der Waals surface area contributed by atoms with Crippen LogP contribution in [-0.4, -0.2) is 82.3 Å². The highest BCUT2D eigenvalue weighted by molar-refractivity contribution is 6.30. The molecule has 2 aliphatic heterocycles. The minimum atomic E-state index is -0.582. The van der Waals surface area contributed by atoms with Crippen molar-refractivity contribution in [3.05, 3.63) is 12.7 Å². The van der Waals surface area contributed by atoms with E-state index in [4.69, 9.17) is 23.2 Å². The van der Waals surface area contributed by atoms with Gasteiger partial charge in [0.25, 0.3) is 0 Å². The number of likely N-dealkylation sites (tertiary alicyclic amines) is 2. The van der Waals surface area contributed by atoms with Gasteiger partial charge >= 0.3 is 0 Å². The molecule has 1 aliphatic carbocycles. The molecule has 3 aliphatic rings. The van der Waals surface area contributed by atoms with E-state index in [1.54, 1.807) is 0 Å². The summed E-state index contributed by atoms with van der Waals surface area (Å²) >= 11 is 12.2. The van der Waals surface area contributed by atoms with Crippen LogP contribution in [0.15, 0.2) is 12.7 Å². The molecule has 140 valence electrons. The van der Waals surface area contributed by atoms with E-state index in [2.05, 4.69) is 11.9 Å². The van der Waals surface area contributed by atoms with E-state index in [0.29, 0.717) is 50.9 Å². The molecule has 2 saturated heterocycles. The van der Waals surface area contributed by atoms with E-state index in [0.717, 1.165) is 0 Å². The molecular formula is C17H25Cl2N3O3. The third kappa shape index (κ3) is 4.13. The minimum Gasteiger partial charge on any atom is -0.391 e. The summed E-state index contributed by atoms with van der Waals surface area (Å²) in [5.41, 5.74) is 0. The van der Waals surface area contributed by atoms with Crippen molar-refractivity contribution in [2.24, 2.45) is 11.8 Å². The molecule has 0 radical (unpaired) electrons. The minimum absolute atomic E-state index is 0.0299. The van der Waals surface area contributed by atoms with Crippen molar-refractivity contribution in [3.63, 3.8) is 0 Å². The zero-order valence-electron chi connectivity index (χ0n) is 14.1. The molecular weight excluding hydrogens is 365 g/mol. The maximum Gasteiger partial charge on any atom is 0.245 e. The van der Waals surface area contributed by atoms with Crippen LogP contribution in [-0.2, 0) is 9.59 Å². The molecule has 25 heavy (non-hydrogen) atoms. The zero-order valence-corrected chi connectivity index (χ0v) is 15.6. The topological polar surface area (TPSA) is 72.9 Å². The first-order valence-electron chi connectivity index (χ1n) is 8.77. The number of halogens is 2. The fourth-order valence-corrected chi connectivity index (χ4v) is 4.73. The summed E-state index contributed by atoms with van der Waals surface area (Å²) < 4.78 is 0. The number of carbonyl (C=O) groups is 2. The Morgan fingerprint density at radius 3 is 2.24 bits per heavy atom. The van der Waals surface area contributed by atoms with E-state index < -0.39 is 6.10 Å². The maximum atomic E-state index is 12.5. The number of amides is 2. The Balaban J connectivity index is 1.45. The Morgan fingerprint density at radius 1 is 1.08 bits per heavy atom. The predicted molar refractivity (Wildman–Crippen MR) is 96.7 cm³/mol. The summed E-state index contributed by atoms with van der Waals surface area (Å²) in [6.07, 6.45) is 1.75. The molecule has 0 aromatic heterocycles. The molecule has 0 bridgehead atoms. The molecule has 2 heterocycles. The van der Waals surface area contributed by atoms with Gasteiger partial charge in [0, 0.05) is 44.1 Å². The largest absolute Gasteiger partial charge is 0.391 e. The molecule has 0 aromatic carbocycles. The first-order chi connectivity index (χ1) is 11.9. The number of fused-ring (bicyclic) bond motifs is 1. The summed E-state index contributed by atoms with van der Waals surface area (Å²) in [7, 11) is 0. The number of nitrogens with one attached hydrogen (secondary N) is 1. The van der Waals surface area contributed by atoms with Gasteiger partial charge in [-0.15, -0.1) is 23.2 Å². The Hall–Kier alpha value is -0.820. The van der Waals surface area contributed by atoms with Crippen LogP contribution in [0.2, 0.25) is 0 Å². The van der Waals surface area contributed by atoms with Crippen molar-refractivity contribution >= 4 is 35.0 Å². The third-order valence-corrected chi connectivity index (χ3v) is 6.74. The summed E-state index contributed by atoms with van der Waals surface area (Å²) in [5, 5.41) is 12.8. The molecule has 3 rings (SSSR count). The second-order valence-electron chi connectivity index (χ2n) is 7.32. The molecule has 1 saturated carbocycles. The van der Waals surface area contributed by atoms with Gasteiger partial charge in [-0.3, -0.25) is 9.59 Å². The Bertz CT molecular complexity index is 533. The third-order valence-electron chi connectivity index (χ3n) is 5.64. The fraction of sp³-hybridized carbons (Fsp3) is 0.765. The number of hydrogen-bond donors (Lipinski definition) is 2. The number of nitrogens with zero attached hydrogens (tertiary/aromatic N) is 2. The number of hydrogen-bond acceptors (Lipinski definition) is 4. The lowest BCUT2D eigenvalue weighted by molar-refractivity contribution is -0.130. The van der Waals surface area contributed by atoms with Crippen molar-refractivity contribution in [2.45, 2.75) is 35.7 Å². The van der Waals surface area contributed by atoms with Gasteiger partial charge in [-0.1, -0.05) is 6.58 Å². The molecule has 6 atom stereocenters. The average molecular weight is 390 g/mol. The first-order valence-corrected chi connectivity index (χ1v) is 9.65. The summed E-state index contributed by atoms with van der Waals surface area (Å²) in [4.78, 5) is 27.8. The standard InChI is InChI=1S/C17H25Cl2N3O3/c1-2-16(24)21-6-10-8-22(9-11(10)7-21)17(25)5-20-14-3-12(18)13(19)4-15(14)23/h2,10-15,20,23H,1,3-9H2. The quantitative estimate of drug-likeness (QED) is 0.539. The van der Waals surface area contributed by atoms with Crippen LogP contribution in [0.4, 0.5) is 0 Å². The van der Waals surface area contributed by atoms with Gasteiger partial charge in [-0.25, -0.2) is 0 Å². The fourth-order valence-electron chi connectivity index (χ4n) is 4.15. The normalized spacial score (nSPS) is 37.9. The van der Waals surface area contributed by atoms with Crippen molar-refractivity contribution in [1.29, 1.82) is 0 Å². The Kier molecular flexibility index (Phi) is 5.93. The molecule has 6 nitrogen and oxygen atoms in total. The van der Waals surface area contributed by atoms with Crippen LogP contribution in [0.5, 0.6) is 0 Å². The molecule has 2 amide bonds. The van der Waals surface area contributed by atoms with Crippen molar-refractivity contribution in [1.82, 2.24) is 15.1 Å². The van der Waals surface area contributed by atoms with Crippen molar-refractivity contribution in [3.8, 4) is 0 Å². The van der Waals surface area contributed by atoms with E-state index >= 15 is 0 Å². The van der Waals surface area contributed by atoms with Gasteiger partial charge in [-0.05, 0) is 18.9 Å². The molecule has 0 spiro atoms. The highest BCUT2D eigenvalue weighted by Gasteiger charge is 2.42. The van der Waals surface area contributed by atoms with E-state index in [9.17, 15) is 14.7 Å². The van der Waals surface area contributed by atoms with E-state index in [1.807, 2.05) is 9.80 Å². The van der Waals surface area contributed by atoms with Crippen LogP contribution < -0.4 is 5.32 Å². The second-order valence-corrected chi connectivity index (χ2v) is 8.45. The van der Waals surface area contributed by atoms with Crippen LogP contribution >= 0.6 is 23.2 Å². The van der Waals surface area contributed by atoms with Crippen LogP contribution in [0.25, 0.3) is 0 Å². The Labute approximate surface area is 158 Å². The van der Waals surface area contributed by atoms with Gasteiger partial charge < -0.3 is 20.2 Å². The van der Waals surface area contributed by atoms with E-state index in [1.165, 1.54) is 6.08 Å². The number of rotatable bonds is 4. The molecule has 3 fully saturated rings. The number of carbonyl (C=O) groups excluding carboxylic acids is 2. The van der Waals surface area contributed by atoms with Crippen LogP contribution in [0, 0.1) is 11.8 Å². The van der Waals surface area contributed by atoms with Gasteiger partial charge in [0.05, 0.1) is 23.4 Å². The number of alkyl halides is 2. The monoisotopic (exact) mass is 389 g/mol. The molecule has 0 aromatic rings. The lowest BCUT2D eigenvalue weighted by Crippen LogP contribution is -2.51. The van der Waals surface area contributed by atoms with Crippen LogP contribution in [0.3, 0.4) is 0 Å². The number of aliphatic hydroxyl groups excluding tert-OH is 1. The lowest BCUT2D eigenvalue weighted by Gasteiger charge is -2.34. The van der Waals surface area contributed by atoms with E-state index in [-0.39, 0.29) is 35.2 Å². The zero-order chi connectivity index (χ0) is 18.1. The predicted octanol–water partition coefficient (Wildman–Crippen LogP) is 0.417. The summed E-state index contributed by atoms with van der Waals surface area (Å²) in [6.45, 7) is 6.46. The van der Waals surface area contributed by atoms with Gasteiger partial charge in [0.15, 0.2) is 0 Å².